The molecule has 0 radical (unpaired) electrons. The van der Waals surface area contributed by atoms with Gasteiger partial charge in [-0.15, -0.1) is 9.81 Å². The Morgan fingerprint density at radius 1 is 1.45 bits per heavy atom. The normalized spacial score (nSPS) is 8.82. The molecule has 0 aromatic rings. The van der Waals surface area contributed by atoms with E-state index in [2.05, 4.69) is 15.5 Å². The van der Waals surface area contributed by atoms with Crippen LogP contribution in [0.2, 0.25) is 0 Å². The Hall–Kier alpha value is -1.20. The summed E-state index contributed by atoms with van der Waals surface area (Å²) in [6.45, 7) is 2.32. The number of nitrogens with zero attached hydrogens (tertiary/aromatic N) is 3. The van der Waals surface area contributed by atoms with Crippen LogP contribution in [0.5, 0.6) is 0 Å². The van der Waals surface area contributed by atoms with E-state index in [1.807, 2.05) is 6.92 Å². The molecule has 6 nitrogen and oxygen atoms in total. The molecule has 0 saturated carbocycles. The first-order valence-electron chi connectivity index (χ1n) is 3.38. The minimum Gasteiger partial charge on any atom is -0.340 e. The maximum Gasteiger partial charge on any atom is 0.210 e. The highest BCUT2D eigenvalue weighted by Crippen LogP contribution is 1.95. The van der Waals surface area contributed by atoms with Crippen LogP contribution < -0.4 is 0 Å². The van der Waals surface area contributed by atoms with E-state index in [4.69, 9.17) is 0 Å². The van der Waals surface area contributed by atoms with Crippen LogP contribution in [0.1, 0.15) is 19.8 Å². The third kappa shape index (κ3) is 5.25. The Morgan fingerprint density at radius 3 is 2.64 bits per heavy atom. The zero-order valence-electron chi connectivity index (χ0n) is 6.39. The summed E-state index contributed by atoms with van der Waals surface area (Å²) >= 11 is 0. The Morgan fingerprint density at radius 2 is 2.18 bits per heavy atom. The molecule has 0 amide bonds. The molecule has 0 atom stereocenters. The minimum atomic E-state index is -0.160. The SMILES string of the molecule is CCCCN(CON=O)N=O. The molecule has 0 aromatic carbocycles. The van der Waals surface area contributed by atoms with Gasteiger partial charge in [-0.05, 0) is 6.42 Å². The smallest absolute Gasteiger partial charge is 0.210 e. The number of unbranched alkanes of at least 4 members (excludes halogenated alkanes) is 1. The Labute approximate surface area is 64.4 Å². The molecule has 0 bridgehead atoms. The van der Waals surface area contributed by atoms with E-state index in [-0.39, 0.29) is 6.73 Å². The van der Waals surface area contributed by atoms with Gasteiger partial charge in [0.1, 0.15) is 0 Å². The molecule has 0 rings (SSSR count). The molecule has 0 unspecified atom stereocenters. The van der Waals surface area contributed by atoms with Crippen LogP contribution in [-0.2, 0) is 4.84 Å². The molecule has 0 saturated heterocycles. The van der Waals surface area contributed by atoms with Crippen molar-refractivity contribution in [3.8, 4) is 0 Å². The van der Waals surface area contributed by atoms with Crippen molar-refractivity contribution in [3.63, 3.8) is 0 Å². The summed E-state index contributed by atoms with van der Waals surface area (Å²) < 4.78 is 0. The molecule has 0 aliphatic heterocycles. The largest absolute Gasteiger partial charge is 0.340 e. The number of hydrogen-bond acceptors (Lipinski definition) is 5. The first kappa shape index (κ1) is 9.80. The summed E-state index contributed by atoms with van der Waals surface area (Å²) in [6, 6.07) is 0. The van der Waals surface area contributed by atoms with Crippen molar-refractivity contribution in [3.05, 3.63) is 9.81 Å². The van der Waals surface area contributed by atoms with Gasteiger partial charge in [0.05, 0.1) is 5.29 Å². The van der Waals surface area contributed by atoms with Gasteiger partial charge in [-0.25, -0.2) is 5.01 Å². The van der Waals surface area contributed by atoms with Crippen molar-refractivity contribution in [2.75, 3.05) is 13.3 Å². The van der Waals surface area contributed by atoms with Crippen LogP contribution in [0, 0.1) is 9.81 Å². The molecule has 0 heterocycles. The van der Waals surface area contributed by atoms with Crippen LogP contribution in [-0.4, -0.2) is 18.3 Å². The molecule has 11 heavy (non-hydrogen) atoms. The van der Waals surface area contributed by atoms with Gasteiger partial charge in [0, 0.05) is 6.54 Å². The van der Waals surface area contributed by atoms with Gasteiger partial charge >= 0.3 is 0 Å². The lowest BCUT2D eigenvalue weighted by molar-refractivity contribution is 0.0291. The van der Waals surface area contributed by atoms with E-state index in [1.165, 1.54) is 0 Å². The maximum absolute atomic E-state index is 9.97. The number of hydrogen-bond donors (Lipinski definition) is 0. The van der Waals surface area contributed by atoms with Gasteiger partial charge in [0.2, 0.25) is 6.73 Å². The van der Waals surface area contributed by atoms with E-state index < -0.39 is 0 Å². The fourth-order valence-corrected chi connectivity index (χ4v) is 0.560. The summed E-state index contributed by atoms with van der Waals surface area (Å²) in [7, 11) is 0. The summed E-state index contributed by atoms with van der Waals surface area (Å²) in [5, 5.41) is 5.87. The van der Waals surface area contributed by atoms with Crippen molar-refractivity contribution in [1.29, 1.82) is 0 Å². The van der Waals surface area contributed by atoms with E-state index in [0.29, 0.717) is 6.54 Å². The van der Waals surface area contributed by atoms with Gasteiger partial charge in [0.15, 0.2) is 5.34 Å². The van der Waals surface area contributed by atoms with Gasteiger partial charge in [-0.3, -0.25) is 0 Å². The van der Waals surface area contributed by atoms with E-state index in [9.17, 15) is 9.81 Å². The van der Waals surface area contributed by atoms with Crippen molar-refractivity contribution in [2.45, 2.75) is 19.8 Å². The van der Waals surface area contributed by atoms with E-state index in [0.717, 1.165) is 17.9 Å². The average molecular weight is 161 g/mol. The molecule has 6 heteroatoms. The van der Waals surface area contributed by atoms with E-state index >= 15 is 0 Å². The van der Waals surface area contributed by atoms with Gasteiger partial charge in [-0.2, -0.15) is 0 Å². The summed E-state index contributed by atoms with van der Waals surface area (Å²) in [5.74, 6) is 0. The molecule has 0 aliphatic rings. The van der Waals surface area contributed by atoms with Crippen LogP contribution in [0.25, 0.3) is 0 Å². The topological polar surface area (TPSA) is 71.3 Å². The Balaban J connectivity index is 3.40. The zero-order chi connectivity index (χ0) is 8.53. The highest BCUT2D eigenvalue weighted by Gasteiger charge is 2.00. The lowest BCUT2D eigenvalue weighted by Crippen LogP contribution is -2.19. The fourth-order valence-electron chi connectivity index (χ4n) is 0.560. The molecule has 0 fully saturated rings. The lowest BCUT2D eigenvalue weighted by Gasteiger charge is -2.10. The standard InChI is InChI=1S/C5H11N3O3/c1-2-3-4-8(6-9)5-11-7-10/h2-5H2,1H3. The number of nitroso groups, excluding NO2 is 1. The summed E-state index contributed by atoms with van der Waals surface area (Å²) in [4.78, 5) is 23.5. The van der Waals surface area contributed by atoms with Crippen molar-refractivity contribution >= 4 is 0 Å². The second kappa shape index (κ2) is 6.91. The second-order valence-corrected chi connectivity index (χ2v) is 2.00. The monoisotopic (exact) mass is 161 g/mol. The molecule has 0 aliphatic carbocycles. The van der Waals surface area contributed by atoms with Crippen LogP contribution >= 0.6 is 0 Å². The number of rotatable bonds is 7. The van der Waals surface area contributed by atoms with Crippen LogP contribution in [0.4, 0.5) is 0 Å². The summed E-state index contributed by atoms with van der Waals surface area (Å²) in [6.07, 6.45) is 1.80. The molecular formula is C5H11N3O3. The zero-order valence-corrected chi connectivity index (χ0v) is 6.39. The molecule has 64 valence electrons. The van der Waals surface area contributed by atoms with Crippen LogP contribution in [0.15, 0.2) is 10.6 Å². The quantitative estimate of drug-likeness (QED) is 0.321. The third-order valence-electron chi connectivity index (χ3n) is 1.14. The maximum atomic E-state index is 9.97. The van der Waals surface area contributed by atoms with Crippen molar-refractivity contribution in [2.24, 2.45) is 10.6 Å². The highest BCUT2D eigenvalue weighted by molar-refractivity contribution is 4.43. The first-order chi connectivity index (χ1) is 5.35. The van der Waals surface area contributed by atoms with Crippen molar-refractivity contribution < 1.29 is 4.84 Å². The van der Waals surface area contributed by atoms with Gasteiger partial charge < -0.3 is 4.84 Å². The predicted octanol–water partition coefficient (Wildman–Crippen LogP) is 1.43. The molecule has 0 aromatic heterocycles. The van der Waals surface area contributed by atoms with Gasteiger partial charge in [-0.1, -0.05) is 13.3 Å². The Kier molecular flexibility index (Phi) is 6.16. The Bertz CT molecular complexity index is 120. The third-order valence-corrected chi connectivity index (χ3v) is 1.14. The second-order valence-electron chi connectivity index (χ2n) is 2.00. The molecule has 0 N–H and O–H groups in total. The minimum absolute atomic E-state index is 0.160. The average Bonchev–Trinajstić information content (AvgIpc) is 2.05. The fraction of sp³-hybridized carbons (Fsp3) is 1.00. The molecule has 0 spiro atoms. The molecular weight excluding hydrogens is 150 g/mol. The van der Waals surface area contributed by atoms with Crippen LogP contribution in [0.3, 0.4) is 0 Å². The lowest BCUT2D eigenvalue weighted by atomic mass is 10.3. The van der Waals surface area contributed by atoms with Gasteiger partial charge in [0.25, 0.3) is 0 Å². The van der Waals surface area contributed by atoms with E-state index in [1.54, 1.807) is 0 Å². The highest BCUT2D eigenvalue weighted by atomic mass is 16.7. The first-order valence-corrected chi connectivity index (χ1v) is 3.38. The summed E-state index contributed by atoms with van der Waals surface area (Å²) in [5.41, 5.74) is 0. The predicted molar refractivity (Wildman–Crippen MR) is 39.2 cm³/mol. The van der Waals surface area contributed by atoms with Crippen molar-refractivity contribution in [1.82, 2.24) is 5.01 Å².